The van der Waals surface area contributed by atoms with Crippen LogP contribution in [0.25, 0.3) is 5.70 Å². The predicted molar refractivity (Wildman–Crippen MR) is 128 cm³/mol. The van der Waals surface area contributed by atoms with Gasteiger partial charge in [-0.3, -0.25) is 0 Å². The zero-order valence-corrected chi connectivity index (χ0v) is 18.8. The van der Waals surface area contributed by atoms with Gasteiger partial charge in [0, 0.05) is 21.1 Å². The van der Waals surface area contributed by atoms with Gasteiger partial charge in [-0.15, -0.1) is 11.8 Å². The van der Waals surface area contributed by atoms with E-state index >= 15 is 0 Å². The van der Waals surface area contributed by atoms with Crippen LogP contribution in [0.4, 0.5) is 5.95 Å². The number of halogens is 1. The lowest BCUT2D eigenvalue weighted by Gasteiger charge is -2.39. The van der Waals surface area contributed by atoms with Crippen molar-refractivity contribution in [3.63, 3.8) is 0 Å². The maximum absolute atomic E-state index is 6.64. The van der Waals surface area contributed by atoms with E-state index in [1.807, 2.05) is 47.1 Å². The maximum Gasteiger partial charge on any atom is 0.226 e. The van der Waals surface area contributed by atoms with Gasteiger partial charge in [0.05, 0.1) is 5.70 Å². The van der Waals surface area contributed by atoms with Crippen molar-refractivity contribution in [2.45, 2.75) is 17.0 Å². The van der Waals surface area contributed by atoms with E-state index in [1.165, 1.54) is 4.90 Å². The molecule has 2 atom stereocenters. The van der Waals surface area contributed by atoms with Gasteiger partial charge >= 0.3 is 0 Å². The first-order chi connectivity index (χ1) is 15.7. The van der Waals surface area contributed by atoms with Crippen molar-refractivity contribution >= 4 is 35.0 Å². The lowest BCUT2D eigenvalue weighted by atomic mass is 9.84. The number of fused-ring (bicyclic) bond motifs is 3. The number of nitrogens with one attached hydrogen (secondary N) is 1. The Morgan fingerprint density at radius 2 is 1.72 bits per heavy atom. The Kier molecular flexibility index (Phi) is 4.70. The Labute approximate surface area is 195 Å². The van der Waals surface area contributed by atoms with Gasteiger partial charge in [-0.05, 0) is 53.8 Å². The molecular weight excluding hydrogens is 440 g/mol. The lowest BCUT2D eigenvalue weighted by molar-refractivity contribution is 0.223. The monoisotopic (exact) mass is 458 g/mol. The molecule has 2 aliphatic rings. The van der Waals surface area contributed by atoms with Crippen molar-refractivity contribution in [3.8, 4) is 5.75 Å². The molecule has 0 spiro atoms. The third kappa shape index (κ3) is 3.10. The summed E-state index contributed by atoms with van der Waals surface area (Å²) < 4.78 is 8.56. The molecule has 32 heavy (non-hydrogen) atoms. The van der Waals surface area contributed by atoms with Crippen molar-refractivity contribution in [2.75, 3.05) is 11.6 Å². The van der Waals surface area contributed by atoms with Crippen molar-refractivity contribution in [2.24, 2.45) is 0 Å². The summed E-state index contributed by atoms with van der Waals surface area (Å²) in [5.41, 5.74) is 5.30. The summed E-state index contributed by atoms with van der Waals surface area (Å²) in [4.78, 5) is 5.69. The summed E-state index contributed by atoms with van der Waals surface area (Å²) in [6.07, 6.45) is 3.39. The molecule has 3 aromatic carbocycles. The zero-order valence-electron chi connectivity index (χ0n) is 17.2. The van der Waals surface area contributed by atoms with Crippen LogP contribution in [0.2, 0.25) is 5.02 Å². The first-order valence-corrected chi connectivity index (χ1v) is 11.9. The average Bonchev–Trinajstić information content (AvgIpc) is 3.31. The molecule has 0 aliphatic carbocycles. The van der Waals surface area contributed by atoms with Crippen LogP contribution in [0, 0.1) is 0 Å². The van der Waals surface area contributed by atoms with Gasteiger partial charge in [-0.2, -0.15) is 10.1 Å². The molecule has 1 N–H and O–H groups in total. The molecule has 6 rings (SSSR count). The van der Waals surface area contributed by atoms with Crippen LogP contribution in [0.5, 0.6) is 5.75 Å². The van der Waals surface area contributed by atoms with Crippen LogP contribution in [0.3, 0.4) is 0 Å². The third-order valence-electron chi connectivity index (χ3n) is 5.93. The van der Waals surface area contributed by atoms with Crippen LogP contribution in [-0.4, -0.2) is 21.0 Å². The van der Waals surface area contributed by atoms with E-state index in [2.05, 4.69) is 52.0 Å². The molecule has 7 heteroatoms. The normalized spacial score (nSPS) is 18.8. The van der Waals surface area contributed by atoms with Gasteiger partial charge in [0.25, 0.3) is 0 Å². The summed E-state index contributed by atoms with van der Waals surface area (Å²) in [7, 11) is 0. The summed E-state index contributed by atoms with van der Waals surface area (Å²) in [5, 5.41) is 8.78. The summed E-state index contributed by atoms with van der Waals surface area (Å²) in [6, 6.07) is 24.4. The molecule has 0 fully saturated rings. The third-order valence-corrected chi connectivity index (χ3v) is 6.92. The minimum atomic E-state index is -0.277. The van der Waals surface area contributed by atoms with Gasteiger partial charge in [0.2, 0.25) is 5.95 Å². The Balaban J connectivity index is 1.60. The maximum atomic E-state index is 6.64. The lowest BCUT2D eigenvalue weighted by Crippen LogP contribution is -2.32. The minimum Gasteiger partial charge on any atom is -0.480 e. The molecular formula is C25H19ClN4OS. The highest BCUT2D eigenvalue weighted by atomic mass is 35.5. The fraction of sp³-hybridized carbons (Fsp3) is 0.120. The second kappa shape index (κ2) is 7.73. The second-order valence-corrected chi connectivity index (χ2v) is 9.02. The van der Waals surface area contributed by atoms with Crippen molar-refractivity contribution in [1.82, 2.24) is 14.8 Å². The van der Waals surface area contributed by atoms with Gasteiger partial charge < -0.3 is 10.1 Å². The molecule has 0 radical (unpaired) electrons. The number of hydrogen-bond acceptors (Lipinski definition) is 5. The van der Waals surface area contributed by atoms with Crippen LogP contribution < -0.4 is 10.1 Å². The second-order valence-electron chi connectivity index (χ2n) is 7.70. The predicted octanol–water partition coefficient (Wildman–Crippen LogP) is 6.21. The molecule has 0 bridgehead atoms. The van der Waals surface area contributed by atoms with E-state index in [0.29, 0.717) is 11.0 Å². The van der Waals surface area contributed by atoms with Gasteiger partial charge in [0.15, 0.2) is 0 Å². The average molecular weight is 459 g/mol. The van der Waals surface area contributed by atoms with Crippen molar-refractivity contribution in [1.29, 1.82) is 0 Å². The van der Waals surface area contributed by atoms with Crippen LogP contribution >= 0.6 is 23.4 Å². The van der Waals surface area contributed by atoms with E-state index in [0.717, 1.165) is 33.7 Å². The molecule has 2 unspecified atom stereocenters. The Morgan fingerprint density at radius 3 is 2.50 bits per heavy atom. The topological polar surface area (TPSA) is 52.0 Å². The molecule has 0 saturated carbocycles. The number of benzene rings is 3. The number of hydrogen-bond donors (Lipinski definition) is 1. The van der Waals surface area contributed by atoms with Crippen molar-refractivity contribution < 1.29 is 4.74 Å². The smallest absolute Gasteiger partial charge is 0.226 e. The molecule has 0 saturated heterocycles. The van der Waals surface area contributed by atoms with E-state index in [1.54, 1.807) is 18.1 Å². The van der Waals surface area contributed by atoms with Gasteiger partial charge in [-0.25, -0.2) is 4.68 Å². The number of ether oxygens (including phenoxy) is 1. The largest absolute Gasteiger partial charge is 0.480 e. The molecule has 3 heterocycles. The SMILES string of the molecule is CSc1ccc(C2Oc3ccccc3C3=C2C(c2ccc(Cl)cc2)n2ncnc2N3)cc1. The van der Waals surface area contributed by atoms with E-state index in [4.69, 9.17) is 16.3 Å². The van der Waals surface area contributed by atoms with Crippen LogP contribution in [0.15, 0.2) is 89.6 Å². The number of nitrogens with zero attached hydrogens (tertiary/aromatic N) is 3. The highest BCUT2D eigenvalue weighted by Gasteiger charge is 2.40. The summed E-state index contributed by atoms with van der Waals surface area (Å²) >= 11 is 7.93. The molecule has 158 valence electrons. The fourth-order valence-corrected chi connectivity index (χ4v) is 4.97. The Bertz CT molecular complexity index is 1330. The fourth-order valence-electron chi connectivity index (χ4n) is 4.44. The molecule has 4 aromatic rings. The first kappa shape index (κ1) is 19.5. The molecule has 2 aliphatic heterocycles. The number of para-hydroxylation sites is 1. The Hall–Kier alpha value is -3.22. The van der Waals surface area contributed by atoms with E-state index in [9.17, 15) is 0 Å². The number of aromatic nitrogens is 3. The highest BCUT2D eigenvalue weighted by molar-refractivity contribution is 7.98. The van der Waals surface area contributed by atoms with E-state index in [-0.39, 0.29) is 12.1 Å². The molecule has 5 nitrogen and oxygen atoms in total. The summed E-state index contributed by atoms with van der Waals surface area (Å²) in [5.74, 6) is 1.55. The standard InChI is InChI=1S/C25H19ClN4OS/c1-32-18-12-8-16(9-13-18)24-21-22(19-4-2-3-5-20(19)31-24)29-25-27-14-28-30(25)23(21)15-6-10-17(26)11-7-15/h2-14,23-24H,1H3,(H,27,28,29). The number of thioether (sulfide) groups is 1. The molecule has 0 amide bonds. The Morgan fingerprint density at radius 1 is 0.969 bits per heavy atom. The number of anilines is 1. The van der Waals surface area contributed by atoms with Gasteiger partial charge in [0.1, 0.15) is 24.2 Å². The summed E-state index contributed by atoms with van der Waals surface area (Å²) in [6.45, 7) is 0. The zero-order chi connectivity index (χ0) is 21.7. The van der Waals surface area contributed by atoms with E-state index < -0.39 is 0 Å². The molecule has 1 aromatic heterocycles. The minimum absolute atomic E-state index is 0.181. The van der Waals surface area contributed by atoms with Gasteiger partial charge in [-0.1, -0.05) is 48.0 Å². The highest BCUT2D eigenvalue weighted by Crippen LogP contribution is 2.50. The van der Waals surface area contributed by atoms with Crippen LogP contribution in [0.1, 0.15) is 28.8 Å². The van der Waals surface area contributed by atoms with Crippen LogP contribution in [-0.2, 0) is 0 Å². The first-order valence-electron chi connectivity index (χ1n) is 10.3. The van der Waals surface area contributed by atoms with Crippen molar-refractivity contribution in [3.05, 3.63) is 106 Å². The number of rotatable bonds is 3. The quantitative estimate of drug-likeness (QED) is 0.370.